The summed E-state index contributed by atoms with van der Waals surface area (Å²) in [6, 6.07) is 12.0. The summed E-state index contributed by atoms with van der Waals surface area (Å²) in [5.74, 6) is 1.93. The van der Waals surface area contributed by atoms with E-state index >= 15 is 0 Å². The van der Waals surface area contributed by atoms with Gasteiger partial charge in [0.25, 0.3) is 5.22 Å². The van der Waals surface area contributed by atoms with Gasteiger partial charge in [0.2, 0.25) is 5.89 Å². The van der Waals surface area contributed by atoms with Crippen molar-refractivity contribution in [3.05, 3.63) is 47.7 Å². The Bertz CT molecular complexity index is 1010. The molecule has 0 saturated heterocycles. The van der Waals surface area contributed by atoms with Crippen LogP contribution < -0.4 is 0 Å². The van der Waals surface area contributed by atoms with E-state index in [0.717, 1.165) is 45.4 Å². The third-order valence-corrected chi connectivity index (χ3v) is 5.55. The van der Waals surface area contributed by atoms with Crippen molar-refractivity contribution in [2.75, 3.05) is 0 Å². The van der Waals surface area contributed by atoms with E-state index in [0.29, 0.717) is 11.1 Å². The molecule has 4 aromatic rings. The van der Waals surface area contributed by atoms with E-state index in [9.17, 15) is 0 Å². The van der Waals surface area contributed by atoms with Crippen molar-refractivity contribution >= 4 is 34.0 Å². The molecule has 1 saturated carbocycles. The lowest BCUT2D eigenvalue weighted by Crippen LogP contribution is -1.92. The molecule has 1 aromatic carbocycles. The highest BCUT2D eigenvalue weighted by Crippen LogP contribution is 2.41. The molecule has 1 aliphatic rings. The minimum absolute atomic E-state index is 0.454. The first-order valence-corrected chi connectivity index (χ1v) is 9.38. The lowest BCUT2D eigenvalue weighted by molar-refractivity contribution is 0.414. The summed E-state index contributed by atoms with van der Waals surface area (Å²) in [5.41, 5.74) is 0.917. The predicted molar refractivity (Wildman–Crippen MR) is 93.2 cm³/mol. The number of aromatic nitrogens is 4. The molecule has 0 atom stereocenters. The summed E-state index contributed by atoms with van der Waals surface area (Å²) in [6.45, 7) is 0. The quantitative estimate of drug-likeness (QED) is 0.493. The van der Waals surface area contributed by atoms with E-state index in [1.165, 1.54) is 11.8 Å². The van der Waals surface area contributed by atoms with E-state index in [4.69, 9.17) is 9.40 Å². The Hall–Kier alpha value is -2.25. The summed E-state index contributed by atoms with van der Waals surface area (Å²) >= 11 is 3.04. The monoisotopic (exact) mass is 352 g/mol. The molecule has 0 radical (unpaired) electrons. The Kier molecular flexibility index (Phi) is 3.34. The second kappa shape index (κ2) is 5.68. The van der Waals surface area contributed by atoms with Crippen LogP contribution in [0.25, 0.3) is 21.6 Å². The van der Waals surface area contributed by atoms with Crippen molar-refractivity contribution in [1.29, 1.82) is 0 Å². The van der Waals surface area contributed by atoms with Crippen LogP contribution in [0, 0.1) is 0 Å². The molecule has 5 rings (SSSR count). The first kappa shape index (κ1) is 14.1. The summed E-state index contributed by atoms with van der Waals surface area (Å²) in [5, 5.41) is 12.7. The van der Waals surface area contributed by atoms with Crippen LogP contribution >= 0.6 is 23.1 Å². The standard InChI is InChI=1S/C17H12N4OS2/c1-2-5-12-11(4-1)16(19-14(18-12)13-6-3-9-23-13)24-17-21-20-15(22-17)10-7-8-10/h1-6,9-10H,7-8H2. The molecule has 0 spiro atoms. The van der Waals surface area contributed by atoms with Gasteiger partial charge in [0.1, 0.15) is 5.03 Å². The van der Waals surface area contributed by atoms with Crippen LogP contribution in [0.5, 0.6) is 0 Å². The highest BCUT2D eigenvalue weighted by Gasteiger charge is 2.29. The third-order valence-electron chi connectivity index (χ3n) is 3.84. The van der Waals surface area contributed by atoms with Gasteiger partial charge >= 0.3 is 0 Å². The number of thiophene rings is 1. The number of para-hydroxylation sites is 1. The van der Waals surface area contributed by atoms with E-state index < -0.39 is 0 Å². The maximum Gasteiger partial charge on any atom is 0.282 e. The number of nitrogens with zero attached hydrogens (tertiary/aromatic N) is 4. The predicted octanol–water partition coefficient (Wildman–Crippen LogP) is 4.77. The van der Waals surface area contributed by atoms with Crippen molar-refractivity contribution in [3.63, 3.8) is 0 Å². The molecule has 118 valence electrons. The van der Waals surface area contributed by atoms with Crippen molar-refractivity contribution in [2.24, 2.45) is 0 Å². The van der Waals surface area contributed by atoms with E-state index in [1.807, 2.05) is 41.8 Å². The fraction of sp³-hybridized carbons (Fsp3) is 0.176. The maximum atomic E-state index is 5.77. The van der Waals surface area contributed by atoms with Gasteiger partial charge in [-0.3, -0.25) is 0 Å². The third kappa shape index (κ3) is 2.59. The number of benzene rings is 1. The van der Waals surface area contributed by atoms with Crippen LogP contribution in [0.4, 0.5) is 0 Å². The van der Waals surface area contributed by atoms with Crippen molar-refractivity contribution in [3.8, 4) is 10.7 Å². The van der Waals surface area contributed by atoms with Crippen LogP contribution in [0.15, 0.2) is 56.4 Å². The summed E-state index contributed by atoms with van der Waals surface area (Å²) in [4.78, 5) is 10.5. The zero-order valence-electron chi connectivity index (χ0n) is 12.5. The molecule has 3 aromatic heterocycles. The molecule has 1 aliphatic carbocycles. The van der Waals surface area contributed by atoms with E-state index in [2.05, 4.69) is 15.2 Å². The highest BCUT2D eigenvalue weighted by molar-refractivity contribution is 7.99. The zero-order chi connectivity index (χ0) is 15.9. The van der Waals surface area contributed by atoms with E-state index in [1.54, 1.807) is 11.3 Å². The summed E-state index contributed by atoms with van der Waals surface area (Å²) in [6.07, 6.45) is 2.29. The van der Waals surface area contributed by atoms with Gasteiger partial charge in [-0.1, -0.05) is 24.3 Å². The van der Waals surface area contributed by atoms with Gasteiger partial charge in [-0.2, -0.15) is 0 Å². The Labute approximate surface area is 146 Å². The summed E-state index contributed by atoms with van der Waals surface area (Å²) < 4.78 is 5.77. The van der Waals surface area contributed by atoms with Gasteiger partial charge in [-0.25, -0.2) is 9.97 Å². The number of hydrogen-bond acceptors (Lipinski definition) is 7. The molecule has 0 amide bonds. The van der Waals surface area contributed by atoms with Crippen LogP contribution in [-0.2, 0) is 0 Å². The molecule has 0 aliphatic heterocycles. The van der Waals surface area contributed by atoms with Gasteiger partial charge < -0.3 is 4.42 Å². The topological polar surface area (TPSA) is 64.7 Å². The molecular weight excluding hydrogens is 340 g/mol. The number of fused-ring (bicyclic) bond motifs is 1. The average Bonchev–Trinajstić information content (AvgIpc) is 3.11. The minimum atomic E-state index is 0.454. The number of hydrogen-bond donors (Lipinski definition) is 0. The minimum Gasteiger partial charge on any atom is -0.415 e. The smallest absolute Gasteiger partial charge is 0.282 e. The fourth-order valence-electron chi connectivity index (χ4n) is 2.48. The Morgan fingerprint density at radius 3 is 2.79 bits per heavy atom. The molecule has 5 nitrogen and oxygen atoms in total. The first-order chi connectivity index (χ1) is 11.9. The molecule has 24 heavy (non-hydrogen) atoms. The Balaban J connectivity index is 1.59. The Morgan fingerprint density at radius 1 is 1.04 bits per heavy atom. The average molecular weight is 352 g/mol. The van der Waals surface area contributed by atoms with Gasteiger partial charge in [-0.05, 0) is 42.1 Å². The van der Waals surface area contributed by atoms with Crippen molar-refractivity contribution < 1.29 is 4.42 Å². The lowest BCUT2D eigenvalue weighted by Gasteiger charge is -2.05. The fourth-order valence-corrected chi connectivity index (χ4v) is 3.93. The van der Waals surface area contributed by atoms with Gasteiger partial charge in [0.15, 0.2) is 5.82 Å². The largest absolute Gasteiger partial charge is 0.415 e. The van der Waals surface area contributed by atoms with Gasteiger partial charge in [0.05, 0.1) is 10.4 Å². The molecule has 0 N–H and O–H groups in total. The lowest BCUT2D eigenvalue weighted by atomic mass is 10.2. The van der Waals surface area contributed by atoms with E-state index in [-0.39, 0.29) is 0 Å². The molecule has 0 unspecified atom stereocenters. The van der Waals surface area contributed by atoms with Gasteiger partial charge in [-0.15, -0.1) is 21.5 Å². The molecule has 7 heteroatoms. The molecule has 0 bridgehead atoms. The Morgan fingerprint density at radius 2 is 1.96 bits per heavy atom. The first-order valence-electron chi connectivity index (χ1n) is 7.69. The van der Waals surface area contributed by atoms with Gasteiger partial charge in [0, 0.05) is 11.3 Å². The highest BCUT2D eigenvalue weighted by atomic mass is 32.2. The molecular formula is C17H12N4OS2. The van der Waals surface area contributed by atoms with Crippen molar-refractivity contribution in [1.82, 2.24) is 20.2 Å². The van der Waals surface area contributed by atoms with Crippen LogP contribution in [0.2, 0.25) is 0 Å². The SMILES string of the molecule is c1csc(-c2nc(Sc3nnc(C4CC4)o3)c3ccccc3n2)c1. The number of rotatable bonds is 4. The second-order valence-electron chi connectivity index (χ2n) is 5.63. The molecule has 1 fully saturated rings. The van der Waals surface area contributed by atoms with Crippen LogP contribution in [0.1, 0.15) is 24.7 Å². The maximum absolute atomic E-state index is 5.77. The second-order valence-corrected chi connectivity index (χ2v) is 7.52. The zero-order valence-corrected chi connectivity index (χ0v) is 14.2. The normalized spacial score (nSPS) is 14.3. The van der Waals surface area contributed by atoms with Crippen LogP contribution in [-0.4, -0.2) is 20.2 Å². The summed E-state index contributed by atoms with van der Waals surface area (Å²) in [7, 11) is 0. The van der Waals surface area contributed by atoms with Crippen molar-refractivity contribution in [2.45, 2.75) is 29.0 Å². The van der Waals surface area contributed by atoms with Crippen LogP contribution in [0.3, 0.4) is 0 Å². The molecule has 3 heterocycles.